The Balaban J connectivity index is 2.34. The molecule has 0 aromatic carbocycles. The molecule has 3 N–H and O–H groups in total. The van der Waals surface area contributed by atoms with Gasteiger partial charge in [0.1, 0.15) is 0 Å². The zero-order chi connectivity index (χ0) is 11.3. The van der Waals surface area contributed by atoms with Gasteiger partial charge in [0.25, 0.3) is 0 Å². The van der Waals surface area contributed by atoms with Gasteiger partial charge in [-0.05, 0) is 0 Å². The van der Waals surface area contributed by atoms with E-state index in [1.165, 1.54) is 0 Å². The number of carbonyl (C=O) groups excluding carboxylic acids is 1. The molecule has 1 heterocycles. The fourth-order valence-electron chi connectivity index (χ4n) is 0.985. The van der Waals surface area contributed by atoms with Crippen LogP contribution in [0.5, 0.6) is 0 Å². The van der Waals surface area contributed by atoms with Gasteiger partial charge in [-0.2, -0.15) is 4.98 Å². The number of amides is 1. The van der Waals surface area contributed by atoms with Gasteiger partial charge >= 0.3 is 0 Å². The fourth-order valence-corrected chi connectivity index (χ4v) is 0.985. The van der Waals surface area contributed by atoms with Crippen molar-refractivity contribution in [3.8, 4) is 0 Å². The van der Waals surface area contributed by atoms with E-state index in [0.29, 0.717) is 24.7 Å². The lowest BCUT2D eigenvalue weighted by Gasteiger charge is -1.99. The van der Waals surface area contributed by atoms with Crippen LogP contribution in [0.1, 0.15) is 31.5 Å². The Labute approximate surface area is 88.2 Å². The molecule has 0 spiro atoms. The average Bonchev–Trinajstić information content (AvgIpc) is 2.66. The maximum absolute atomic E-state index is 10.8. The maximum Gasteiger partial charge on any atom is 0.233 e. The summed E-state index contributed by atoms with van der Waals surface area (Å²) >= 11 is 0. The van der Waals surface area contributed by atoms with Crippen LogP contribution < -0.4 is 11.1 Å². The number of nitrogens with one attached hydrogen (secondary N) is 1. The van der Waals surface area contributed by atoms with E-state index < -0.39 is 0 Å². The van der Waals surface area contributed by atoms with Crippen LogP contribution >= 0.6 is 0 Å². The maximum atomic E-state index is 10.8. The molecule has 0 unspecified atom stereocenters. The van der Waals surface area contributed by atoms with Gasteiger partial charge in [-0.1, -0.05) is 19.0 Å². The van der Waals surface area contributed by atoms with Gasteiger partial charge in [-0.15, -0.1) is 0 Å². The molecule has 1 amide bonds. The van der Waals surface area contributed by atoms with E-state index in [1.54, 1.807) is 0 Å². The van der Waals surface area contributed by atoms with Crippen molar-refractivity contribution >= 4 is 5.91 Å². The van der Waals surface area contributed by atoms with Gasteiger partial charge in [-0.3, -0.25) is 4.79 Å². The molecular weight excluding hydrogens is 196 g/mol. The second-order valence-corrected chi connectivity index (χ2v) is 3.51. The molecule has 6 nitrogen and oxygen atoms in total. The minimum atomic E-state index is -0.182. The van der Waals surface area contributed by atoms with E-state index in [4.69, 9.17) is 10.3 Å². The van der Waals surface area contributed by atoms with Crippen molar-refractivity contribution in [2.45, 2.75) is 26.2 Å². The van der Waals surface area contributed by atoms with Crippen molar-refractivity contribution in [2.75, 3.05) is 13.1 Å². The van der Waals surface area contributed by atoms with Gasteiger partial charge in [0, 0.05) is 18.9 Å². The highest BCUT2D eigenvalue weighted by molar-refractivity contribution is 5.77. The highest BCUT2D eigenvalue weighted by atomic mass is 16.5. The molecule has 0 aliphatic rings. The number of hydrogen-bond acceptors (Lipinski definition) is 5. The first-order valence-electron chi connectivity index (χ1n) is 4.92. The van der Waals surface area contributed by atoms with E-state index in [-0.39, 0.29) is 18.4 Å². The van der Waals surface area contributed by atoms with Crippen molar-refractivity contribution in [1.82, 2.24) is 15.5 Å². The number of nitrogens with two attached hydrogens (primary N) is 1. The predicted octanol–water partition coefficient (Wildman–Crippen LogP) is -0.190. The molecule has 1 aromatic rings. The van der Waals surface area contributed by atoms with Gasteiger partial charge < -0.3 is 15.6 Å². The van der Waals surface area contributed by atoms with Crippen LogP contribution in [0.3, 0.4) is 0 Å². The molecule has 0 aliphatic heterocycles. The first kappa shape index (κ1) is 11.6. The van der Waals surface area contributed by atoms with E-state index >= 15 is 0 Å². The zero-order valence-electron chi connectivity index (χ0n) is 8.99. The van der Waals surface area contributed by atoms with E-state index in [1.807, 2.05) is 13.8 Å². The summed E-state index contributed by atoms with van der Waals surface area (Å²) in [6, 6.07) is 0. The third-order valence-corrected chi connectivity index (χ3v) is 1.85. The molecule has 1 rings (SSSR count). The molecule has 0 aliphatic carbocycles. The van der Waals surface area contributed by atoms with E-state index in [9.17, 15) is 4.79 Å². The molecule has 6 heteroatoms. The molecule has 1 aromatic heterocycles. The number of aromatic nitrogens is 2. The average molecular weight is 212 g/mol. The predicted molar refractivity (Wildman–Crippen MR) is 54.2 cm³/mol. The van der Waals surface area contributed by atoms with Crippen LogP contribution in [0.15, 0.2) is 4.52 Å². The highest BCUT2D eigenvalue weighted by Crippen LogP contribution is 2.09. The van der Waals surface area contributed by atoms with Crippen LogP contribution in [0.2, 0.25) is 0 Å². The van der Waals surface area contributed by atoms with Gasteiger partial charge in [0.15, 0.2) is 5.82 Å². The Morgan fingerprint density at radius 2 is 2.33 bits per heavy atom. The van der Waals surface area contributed by atoms with Crippen LogP contribution in [0, 0.1) is 0 Å². The third-order valence-electron chi connectivity index (χ3n) is 1.85. The van der Waals surface area contributed by atoms with Gasteiger partial charge in [0.2, 0.25) is 11.8 Å². The van der Waals surface area contributed by atoms with Gasteiger partial charge in [-0.25, -0.2) is 0 Å². The Hall–Kier alpha value is -1.43. The highest BCUT2D eigenvalue weighted by Gasteiger charge is 2.09. The van der Waals surface area contributed by atoms with Gasteiger partial charge in [0.05, 0.1) is 6.54 Å². The Morgan fingerprint density at radius 3 is 2.87 bits per heavy atom. The summed E-state index contributed by atoms with van der Waals surface area (Å²) in [5.41, 5.74) is 5.13. The van der Waals surface area contributed by atoms with Crippen LogP contribution in [0.4, 0.5) is 0 Å². The summed E-state index contributed by atoms with van der Waals surface area (Å²) < 4.78 is 5.00. The molecule has 84 valence electrons. The standard InChI is InChI=1S/C9H16N4O2/c1-6(2)9-12-8(15-13-9)3-4-11-7(14)5-10/h6H,3-5,10H2,1-2H3,(H,11,14). The minimum Gasteiger partial charge on any atom is -0.354 e. The van der Waals surface area contributed by atoms with E-state index in [0.717, 1.165) is 0 Å². The minimum absolute atomic E-state index is 0.00107. The second-order valence-electron chi connectivity index (χ2n) is 3.51. The largest absolute Gasteiger partial charge is 0.354 e. The fraction of sp³-hybridized carbons (Fsp3) is 0.667. The third kappa shape index (κ3) is 3.67. The quantitative estimate of drug-likeness (QED) is 0.705. The summed E-state index contributed by atoms with van der Waals surface area (Å²) in [7, 11) is 0. The Kier molecular flexibility index (Phi) is 4.23. The Morgan fingerprint density at radius 1 is 1.60 bits per heavy atom. The first-order valence-corrected chi connectivity index (χ1v) is 4.92. The summed E-state index contributed by atoms with van der Waals surface area (Å²) in [4.78, 5) is 15.0. The number of rotatable bonds is 5. The Bertz CT molecular complexity index is 322. The first-order chi connectivity index (χ1) is 7.13. The topological polar surface area (TPSA) is 94.0 Å². The number of nitrogens with zero attached hydrogens (tertiary/aromatic N) is 2. The molecule has 0 fully saturated rings. The second kappa shape index (κ2) is 5.45. The van der Waals surface area contributed by atoms with Crippen molar-refractivity contribution in [2.24, 2.45) is 5.73 Å². The SMILES string of the molecule is CC(C)c1noc(CCNC(=O)CN)n1. The molecule has 0 saturated heterocycles. The summed E-state index contributed by atoms with van der Waals surface area (Å²) in [6.07, 6.45) is 0.533. The number of hydrogen-bond donors (Lipinski definition) is 2. The lowest BCUT2D eigenvalue weighted by molar-refractivity contribution is -0.119. The monoisotopic (exact) mass is 212 g/mol. The smallest absolute Gasteiger partial charge is 0.233 e. The summed E-state index contributed by atoms with van der Waals surface area (Å²) in [5.74, 6) is 1.30. The lowest BCUT2D eigenvalue weighted by atomic mass is 10.2. The van der Waals surface area contributed by atoms with Crippen molar-refractivity contribution in [3.63, 3.8) is 0 Å². The van der Waals surface area contributed by atoms with Crippen molar-refractivity contribution in [1.29, 1.82) is 0 Å². The molecule has 0 radical (unpaired) electrons. The van der Waals surface area contributed by atoms with Crippen molar-refractivity contribution in [3.05, 3.63) is 11.7 Å². The summed E-state index contributed by atoms with van der Waals surface area (Å²) in [6.45, 7) is 4.45. The van der Waals surface area contributed by atoms with Crippen LogP contribution in [-0.2, 0) is 11.2 Å². The summed E-state index contributed by atoms with van der Waals surface area (Å²) in [5, 5.41) is 6.44. The molecule has 0 atom stereocenters. The zero-order valence-corrected chi connectivity index (χ0v) is 8.99. The molecular formula is C9H16N4O2. The molecule has 0 bridgehead atoms. The van der Waals surface area contributed by atoms with Crippen LogP contribution in [0.25, 0.3) is 0 Å². The molecule has 15 heavy (non-hydrogen) atoms. The molecule has 0 saturated carbocycles. The normalized spacial score (nSPS) is 10.7. The van der Waals surface area contributed by atoms with Crippen molar-refractivity contribution < 1.29 is 9.32 Å². The lowest BCUT2D eigenvalue weighted by Crippen LogP contribution is -2.31. The van der Waals surface area contributed by atoms with E-state index in [2.05, 4.69) is 15.5 Å². The number of carbonyl (C=O) groups is 1. The van der Waals surface area contributed by atoms with Crippen LogP contribution in [-0.4, -0.2) is 29.1 Å².